The lowest BCUT2D eigenvalue weighted by molar-refractivity contribution is -0.116. The minimum atomic E-state index is -0.243. The van der Waals surface area contributed by atoms with Gasteiger partial charge in [-0.2, -0.15) is 0 Å². The van der Waals surface area contributed by atoms with Crippen LogP contribution < -0.4 is 10.1 Å². The molecule has 0 saturated carbocycles. The summed E-state index contributed by atoms with van der Waals surface area (Å²) in [5.41, 5.74) is 2.41. The summed E-state index contributed by atoms with van der Waals surface area (Å²) in [4.78, 5) is 26.5. The van der Waals surface area contributed by atoms with Gasteiger partial charge in [0.1, 0.15) is 12.3 Å². The smallest absolute Gasteiger partial charge is 0.254 e. The molecule has 0 saturated heterocycles. The molecule has 0 aliphatic heterocycles. The summed E-state index contributed by atoms with van der Waals surface area (Å²) < 4.78 is 5.15. The van der Waals surface area contributed by atoms with Crippen LogP contribution >= 0.6 is 0 Å². The van der Waals surface area contributed by atoms with E-state index >= 15 is 0 Å². The minimum Gasteiger partial charge on any atom is -0.497 e. The Morgan fingerprint density at radius 1 is 1.12 bits per heavy atom. The van der Waals surface area contributed by atoms with Crippen molar-refractivity contribution in [3.05, 3.63) is 59.7 Å². The van der Waals surface area contributed by atoms with E-state index in [1.807, 2.05) is 31.2 Å². The van der Waals surface area contributed by atoms with Gasteiger partial charge in [-0.25, -0.2) is 0 Å². The van der Waals surface area contributed by atoms with Crippen LogP contribution in [0.15, 0.2) is 48.5 Å². The van der Waals surface area contributed by atoms with Crippen molar-refractivity contribution in [3.8, 4) is 5.75 Å². The van der Waals surface area contributed by atoms with Crippen molar-refractivity contribution in [1.82, 2.24) is 4.90 Å². The molecule has 0 spiro atoms. The van der Waals surface area contributed by atoms with Crippen molar-refractivity contribution in [3.63, 3.8) is 0 Å². The lowest BCUT2D eigenvalue weighted by Gasteiger charge is -2.21. The molecule has 0 radical (unpaired) electrons. The first kappa shape index (κ1) is 19.5. The van der Waals surface area contributed by atoms with E-state index in [4.69, 9.17) is 4.74 Å². The van der Waals surface area contributed by atoms with Gasteiger partial charge >= 0.3 is 0 Å². The van der Waals surface area contributed by atoms with Gasteiger partial charge in [-0.3, -0.25) is 9.59 Å². The average molecular weight is 354 g/mol. The molecule has 0 aromatic heterocycles. The second-order valence-corrected chi connectivity index (χ2v) is 6.38. The van der Waals surface area contributed by atoms with Crippen molar-refractivity contribution in [2.75, 3.05) is 25.5 Å². The SMILES string of the molecule is CCN(CC(=O)Nc1cccc(OC)c1)C(=O)c1ccc(C(C)C)cc1. The number of nitrogens with one attached hydrogen (secondary N) is 1. The first-order chi connectivity index (χ1) is 12.4. The molecule has 0 aliphatic rings. The van der Waals surface area contributed by atoms with Crippen molar-refractivity contribution in [2.24, 2.45) is 0 Å². The van der Waals surface area contributed by atoms with Crippen LogP contribution in [0.4, 0.5) is 5.69 Å². The van der Waals surface area contributed by atoms with E-state index in [0.717, 1.165) is 0 Å². The highest BCUT2D eigenvalue weighted by molar-refractivity contribution is 5.99. The zero-order valence-corrected chi connectivity index (χ0v) is 15.8. The lowest BCUT2D eigenvalue weighted by atomic mass is 10.0. The number of likely N-dealkylation sites (N-methyl/N-ethyl adjacent to an activating group) is 1. The quantitative estimate of drug-likeness (QED) is 0.820. The molecule has 0 fully saturated rings. The maximum atomic E-state index is 12.7. The van der Waals surface area contributed by atoms with Crippen LogP contribution in [0.2, 0.25) is 0 Å². The van der Waals surface area contributed by atoms with E-state index in [9.17, 15) is 9.59 Å². The van der Waals surface area contributed by atoms with Gasteiger partial charge in [0.05, 0.1) is 7.11 Å². The number of nitrogens with zero attached hydrogens (tertiary/aromatic N) is 1. The monoisotopic (exact) mass is 354 g/mol. The van der Waals surface area contributed by atoms with Gasteiger partial charge < -0.3 is 15.0 Å². The Morgan fingerprint density at radius 3 is 2.38 bits per heavy atom. The van der Waals surface area contributed by atoms with E-state index in [2.05, 4.69) is 19.2 Å². The molecule has 1 N–H and O–H groups in total. The highest BCUT2D eigenvalue weighted by Gasteiger charge is 2.17. The Kier molecular flexibility index (Phi) is 6.78. The predicted molar refractivity (Wildman–Crippen MR) is 104 cm³/mol. The molecule has 138 valence electrons. The van der Waals surface area contributed by atoms with Crippen LogP contribution in [-0.2, 0) is 4.79 Å². The van der Waals surface area contributed by atoms with Crippen LogP contribution in [-0.4, -0.2) is 36.9 Å². The number of rotatable bonds is 7. The third-order valence-corrected chi connectivity index (χ3v) is 4.18. The van der Waals surface area contributed by atoms with Crippen LogP contribution in [0.25, 0.3) is 0 Å². The first-order valence-corrected chi connectivity index (χ1v) is 8.77. The zero-order chi connectivity index (χ0) is 19.1. The maximum Gasteiger partial charge on any atom is 0.254 e. The number of carbonyl (C=O) groups is 2. The average Bonchev–Trinajstić information content (AvgIpc) is 2.65. The number of anilines is 1. The Labute approximate surface area is 155 Å². The molecule has 2 aromatic rings. The van der Waals surface area contributed by atoms with Gasteiger partial charge in [-0.05, 0) is 42.7 Å². The first-order valence-electron chi connectivity index (χ1n) is 8.77. The summed E-state index contributed by atoms with van der Waals surface area (Å²) in [7, 11) is 1.57. The molecule has 0 atom stereocenters. The van der Waals surface area contributed by atoms with E-state index in [1.54, 1.807) is 31.4 Å². The standard InChI is InChI=1S/C21H26N2O3/c1-5-23(21(25)17-11-9-16(10-12-17)15(2)3)14-20(24)22-18-7-6-8-19(13-18)26-4/h6-13,15H,5,14H2,1-4H3,(H,22,24). The highest BCUT2D eigenvalue weighted by Crippen LogP contribution is 2.17. The molecule has 5 heteroatoms. The second-order valence-electron chi connectivity index (χ2n) is 6.38. The van der Waals surface area contributed by atoms with Crippen LogP contribution in [0.1, 0.15) is 42.6 Å². The Morgan fingerprint density at radius 2 is 1.81 bits per heavy atom. The van der Waals surface area contributed by atoms with Crippen molar-refractivity contribution >= 4 is 17.5 Å². The molecule has 2 amide bonds. The number of hydrogen-bond donors (Lipinski definition) is 1. The van der Waals surface area contributed by atoms with Gasteiger partial charge in [0.15, 0.2) is 0 Å². The van der Waals surface area contributed by atoms with Crippen molar-refractivity contribution in [2.45, 2.75) is 26.7 Å². The van der Waals surface area contributed by atoms with E-state index < -0.39 is 0 Å². The molecule has 2 rings (SSSR count). The van der Waals surface area contributed by atoms with Gasteiger partial charge in [-0.15, -0.1) is 0 Å². The Hall–Kier alpha value is -2.82. The summed E-state index contributed by atoms with van der Waals surface area (Å²) in [5.74, 6) is 0.683. The molecular formula is C21H26N2O3. The van der Waals surface area contributed by atoms with Crippen molar-refractivity contribution in [1.29, 1.82) is 0 Å². The number of amides is 2. The fourth-order valence-corrected chi connectivity index (χ4v) is 2.60. The summed E-state index contributed by atoms with van der Waals surface area (Å²) in [6.07, 6.45) is 0. The number of ether oxygens (including phenoxy) is 1. The largest absolute Gasteiger partial charge is 0.497 e. The van der Waals surface area contributed by atoms with Crippen LogP contribution in [0, 0.1) is 0 Å². The van der Waals surface area contributed by atoms with E-state index in [-0.39, 0.29) is 18.4 Å². The van der Waals surface area contributed by atoms with Gasteiger partial charge in [-0.1, -0.05) is 32.0 Å². The third kappa shape index (κ3) is 5.09. The van der Waals surface area contributed by atoms with Crippen molar-refractivity contribution < 1.29 is 14.3 Å². The predicted octanol–water partition coefficient (Wildman–Crippen LogP) is 3.92. The summed E-state index contributed by atoms with van der Waals surface area (Å²) in [6.45, 7) is 6.53. The van der Waals surface area contributed by atoms with Gasteiger partial charge in [0.25, 0.3) is 5.91 Å². The summed E-state index contributed by atoms with van der Waals surface area (Å²) in [5, 5.41) is 2.80. The Bertz CT molecular complexity index is 754. The fourth-order valence-electron chi connectivity index (χ4n) is 2.60. The van der Waals surface area contributed by atoms with E-state index in [1.165, 1.54) is 10.5 Å². The molecule has 0 bridgehead atoms. The molecule has 0 aliphatic carbocycles. The number of methoxy groups -OCH3 is 1. The lowest BCUT2D eigenvalue weighted by Crippen LogP contribution is -2.37. The topological polar surface area (TPSA) is 58.6 Å². The van der Waals surface area contributed by atoms with Crippen LogP contribution in [0.5, 0.6) is 5.75 Å². The third-order valence-electron chi connectivity index (χ3n) is 4.18. The maximum absolute atomic E-state index is 12.7. The normalized spacial score (nSPS) is 10.5. The number of carbonyl (C=O) groups excluding carboxylic acids is 2. The summed E-state index contributed by atoms with van der Waals surface area (Å²) >= 11 is 0. The molecule has 0 unspecified atom stereocenters. The zero-order valence-electron chi connectivity index (χ0n) is 15.8. The van der Waals surface area contributed by atoms with Crippen LogP contribution in [0.3, 0.4) is 0 Å². The summed E-state index contributed by atoms with van der Waals surface area (Å²) in [6, 6.07) is 14.7. The molecule has 26 heavy (non-hydrogen) atoms. The minimum absolute atomic E-state index is 0.00151. The molecule has 2 aromatic carbocycles. The second kappa shape index (κ2) is 9.04. The van der Waals surface area contributed by atoms with Gasteiger partial charge in [0, 0.05) is 23.9 Å². The Balaban J connectivity index is 2.02. The fraction of sp³-hybridized carbons (Fsp3) is 0.333. The molecule has 5 nitrogen and oxygen atoms in total. The molecule has 0 heterocycles. The number of hydrogen-bond acceptors (Lipinski definition) is 3. The highest BCUT2D eigenvalue weighted by atomic mass is 16.5. The molecular weight excluding hydrogens is 328 g/mol. The van der Waals surface area contributed by atoms with E-state index in [0.29, 0.717) is 29.5 Å². The number of benzene rings is 2. The van der Waals surface area contributed by atoms with Gasteiger partial charge in [0.2, 0.25) is 5.91 Å².